The van der Waals surface area contributed by atoms with E-state index in [-0.39, 0.29) is 19.8 Å². The van der Waals surface area contributed by atoms with Crippen LogP contribution in [-0.2, 0) is 32.2 Å². The van der Waals surface area contributed by atoms with Gasteiger partial charge < -0.3 is 52.1 Å². The number of nitrogens with two attached hydrogens (primary N) is 4. The van der Waals surface area contributed by atoms with Gasteiger partial charge in [-0.15, -0.1) is 0 Å². The second-order valence-electron chi connectivity index (χ2n) is 11.9. The Hall–Kier alpha value is -3.00. The highest BCUT2D eigenvalue weighted by Gasteiger charge is 2.49. The molecule has 1 saturated heterocycles. The van der Waals surface area contributed by atoms with Crippen molar-refractivity contribution in [1.82, 2.24) is 0 Å². The van der Waals surface area contributed by atoms with Crippen LogP contribution >= 0.6 is 0 Å². The molecule has 4 unspecified atom stereocenters. The molecule has 10 nitrogen and oxygen atoms in total. The first-order valence-corrected chi connectivity index (χ1v) is 15.1. The molecule has 0 bridgehead atoms. The summed E-state index contributed by atoms with van der Waals surface area (Å²) in [7, 11) is 0. The van der Waals surface area contributed by atoms with Crippen molar-refractivity contribution in [3.05, 3.63) is 96.1 Å². The minimum absolute atomic E-state index is 0.0632. The Morgan fingerprint density at radius 1 is 0.659 bits per heavy atom. The van der Waals surface area contributed by atoms with Gasteiger partial charge in [0.15, 0.2) is 6.29 Å². The third-order valence-corrected chi connectivity index (χ3v) is 8.82. The van der Waals surface area contributed by atoms with E-state index < -0.39 is 61.0 Å². The molecule has 44 heavy (non-hydrogen) atoms. The quantitative estimate of drug-likeness (QED) is 0.165. The van der Waals surface area contributed by atoms with Crippen molar-refractivity contribution in [1.29, 1.82) is 0 Å². The molecule has 0 radical (unpaired) electrons. The molecular weight excluding hydrogens is 560 g/mol. The normalized spacial score (nSPS) is 32.7. The Kier molecular flexibility index (Phi) is 9.55. The lowest BCUT2D eigenvalue weighted by Gasteiger charge is -2.47. The van der Waals surface area contributed by atoms with Crippen molar-refractivity contribution in [3.8, 4) is 0 Å². The Labute approximate surface area is 256 Å². The van der Waals surface area contributed by atoms with Gasteiger partial charge in [-0.2, -0.15) is 0 Å². The van der Waals surface area contributed by atoms with Crippen molar-refractivity contribution < 1.29 is 29.2 Å². The van der Waals surface area contributed by atoms with E-state index in [1.165, 1.54) is 0 Å². The van der Waals surface area contributed by atoms with Gasteiger partial charge in [-0.1, -0.05) is 72.8 Å². The first kappa shape index (κ1) is 31.0. The molecule has 10 atom stereocenters. The van der Waals surface area contributed by atoms with Gasteiger partial charge in [-0.05, 0) is 51.2 Å². The van der Waals surface area contributed by atoms with Gasteiger partial charge in [0, 0.05) is 18.6 Å². The van der Waals surface area contributed by atoms with Crippen LogP contribution in [0.1, 0.15) is 17.5 Å². The smallest absolute Gasteiger partial charge is 0.176 e. The minimum Gasteiger partial charge on any atom is -0.388 e. The summed E-state index contributed by atoms with van der Waals surface area (Å²) in [5, 5.41) is 27.0. The molecule has 0 aromatic heterocycles. The van der Waals surface area contributed by atoms with Crippen LogP contribution in [0.5, 0.6) is 0 Å². The van der Waals surface area contributed by atoms with E-state index in [0.29, 0.717) is 6.42 Å². The van der Waals surface area contributed by atoms with Crippen molar-refractivity contribution in [3.63, 3.8) is 0 Å². The summed E-state index contributed by atoms with van der Waals surface area (Å²) < 4.78 is 24.6. The van der Waals surface area contributed by atoms with E-state index in [2.05, 4.69) is 6.07 Å². The van der Waals surface area contributed by atoms with Crippen molar-refractivity contribution in [2.45, 2.75) is 80.7 Å². The predicted molar refractivity (Wildman–Crippen MR) is 168 cm³/mol. The molecule has 6 rings (SSSR count). The molecule has 10 heteroatoms. The summed E-state index contributed by atoms with van der Waals surface area (Å²) in [6, 6.07) is 26.2. The molecule has 4 aromatic carbocycles. The van der Waals surface area contributed by atoms with Crippen LogP contribution in [0.25, 0.3) is 21.5 Å². The maximum absolute atomic E-state index is 11.3. The first-order valence-electron chi connectivity index (χ1n) is 15.1. The van der Waals surface area contributed by atoms with E-state index in [9.17, 15) is 10.2 Å². The second kappa shape index (κ2) is 13.6. The van der Waals surface area contributed by atoms with Crippen LogP contribution in [0.15, 0.2) is 84.9 Å². The summed E-state index contributed by atoms with van der Waals surface area (Å²) in [6.45, 7) is 0.560. The summed E-state index contributed by atoms with van der Waals surface area (Å²) in [4.78, 5) is 0. The molecule has 2 fully saturated rings. The van der Waals surface area contributed by atoms with Crippen molar-refractivity contribution in [2.75, 3.05) is 6.54 Å². The summed E-state index contributed by atoms with van der Waals surface area (Å²) in [5.41, 5.74) is 27.2. The van der Waals surface area contributed by atoms with Gasteiger partial charge in [0.1, 0.15) is 36.6 Å². The number of rotatable bonds is 9. The summed E-state index contributed by atoms with van der Waals surface area (Å²) in [5.74, 6) is 0. The minimum atomic E-state index is -1.15. The lowest BCUT2D eigenvalue weighted by molar-refractivity contribution is -0.296. The van der Waals surface area contributed by atoms with Crippen LogP contribution in [0.4, 0.5) is 0 Å². The summed E-state index contributed by atoms with van der Waals surface area (Å²) in [6.07, 6.45) is -6.13. The van der Waals surface area contributed by atoms with Gasteiger partial charge in [0.05, 0.1) is 19.3 Å². The zero-order valence-corrected chi connectivity index (χ0v) is 24.5. The Bertz CT molecular complexity index is 1550. The van der Waals surface area contributed by atoms with Gasteiger partial charge in [-0.25, -0.2) is 0 Å². The average molecular weight is 603 g/mol. The van der Waals surface area contributed by atoms with Crippen LogP contribution in [-0.4, -0.2) is 77.8 Å². The SMILES string of the molecule is NCC1O[C@H](O[C@@H]2C(N)C[C@@H](N)C(OCc3ccc4ccccc4c3)[C@H]2O)C(N)[C@@H](O)[C@@H]1OCc1ccc2ccccc2c1. The first-order chi connectivity index (χ1) is 21.3. The van der Waals surface area contributed by atoms with Gasteiger partial charge in [-0.3, -0.25) is 0 Å². The maximum atomic E-state index is 11.3. The Morgan fingerprint density at radius 2 is 1.18 bits per heavy atom. The molecule has 0 amide bonds. The Balaban J connectivity index is 1.09. The van der Waals surface area contributed by atoms with Crippen LogP contribution in [0, 0.1) is 0 Å². The number of hydrogen-bond acceptors (Lipinski definition) is 10. The number of ether oxygens (including phenoxy) is 4. The highest BCUT2D eigenvalue weighted by atomic mass is 16.7. The Morgan fingerprint density at radius 3 is 1.75 bits per heavy atom. The number of fused-ring (bicyclic) bond motifs is 2. The topological polar surface area (TPSA) is 181 Å². The molecule has 10 N–H and O–H groups in total. The second-order valence-corrected chi connectivity index (χ2v) is 11.9. The van der Waals surface area contributed by atoms with Crippen LogP contribution in [0.2, 0.25) is 0 Å². The van der Waals surface area contributed by atoms with Crippen LogP contribution < -0.4 is 22.9 Å². The van der Waals surface area contributed by atoms with Crippen molar-refractivity contribution in [2.24, 2.45) is 22.9 Å². The predicted octanol–water partition coefficient (Wildman–Crippen LogP) is 1.64. The molecule has 1 heterocycles. The highest BCUT2D eigenvalue weighted by Crippen LogP contribution is 2.30. The fraction of sp³-hybridized carbons (Fsp3) is 0.412. The average Bonchev–Trinajstić information content (AvgIpc) is 3.04. The standard InChI is InChI=1S/C34H42N4O6/c35-16-27-33(42-18-20-10-12-22-6-2-4-8-24(22)14-20)29(39)28(38)34(43-27)44-32-26(37)15-25(36)31(30(32)40)41-17-19-9-11-21-5-1-3-7-23(21)13-19/h1-14,25-34,39-40H,15-18,35-38H2/t25-,26?,27?,28?,29-,30-,31?,32-,33-,34-/m1/s1. The highest BCUT2D eigenvalue weighted by molar-refractivity contribution is 5.83. The maximum Gasteiger partial charge on any atom is 0.176 e. The molecule has 234 valence electrons. The molecule has 1 saturated carbocycles. The third-order valence-electron chi connectivity index (χ3n) is 8.82. The molecule has 1 aliphatic heterocycles. The van der Waals surface area contributed by atoms with Crippen molar-refractivity contribution >= 4 is 21.5 Å². The lowest BCUT2D eigenvalue weighted by atomic mass is 9.84. The summed E-state index contributed by atoms with van der Waals surface area (Å²) >= 11 is 0. The zero-order valence-electron chi connectivity index (χ0n) is 24.5. The molecule has 4 aromatic rings. The molecule has 0 spiro atoms. The monoisotopic (exact) mass is 602 g/mol. The fourth-order valence-electron chi connectivity index (χ4n) is 6.34. The van der Waals surface area contributed by atoms with Gasteiger partial charge in [0.2, 0.25) is 0 Å². The zero-order chi connectivity index (χ0) is 30.8. The molecule has 2 aliphatic rings. The molecule has 1 aliphatic carbocycles. The van der Waals surface area contributed by atoms with E-state index in [1.807, 2.05) is 78.9 Å². The lowest BCUT2D eigenvalue weighted by Crippen LogP contribution is -2.68. The van der Waals surface area contributed by atoms with E-state index in [1.54, 1.807) is 0 Å². The van der Waals surface area contributed by atoms with E-state index >= 15 is 0 Å². The third kappa shape index (κ3) is 6.51. The fourth-order valence-corrected chi connectivity index (χ4v) is 6.34. The van der Waals surface area contributed by atoms with Gasteiger partial charge >= 0.3 is 0 Å². The van der Waals surface area contributed by atoms with Gasteiger partial charge in [0.25, 0.3) is 0 Å². The number of aliphatic hydroxyl groups excluding tert-OH is 2. The number of aliphatic hydroxyl groups is 2. The van der Waals surface area contributed by atoms with E-state index in [0.717, 1.165) is 32.7 Å². The number of hydrogen-bond donors (Lipinski definition) is 6. The molecular formula is C34H42N4O6. The van der Waals surface area contributed by atoms with Crippen LogP contribution in [0.3, 0.4) is 0 Å². The largest absolute Gasteiger partial charge is 0.388 e. The number of benzene rings is 4. The van der Waals surface area contributed by atoms with E-state index in [4.69, 9.17) is 41.9 Å².